The molecule has 1 aromatic carbocycles. The van der Waals surface area contributed by atoms with E-state index < -0.39 is 11.5 Å². The summed E-state index contributed by atoms with van der Waals surface area (Å²) in [4.78, 5) is 48.9. The monoisotopic (exact) mass is 616 g/mol. The van der Waals surface area contributed by atoms with Gasteiger partial charge in [-0.1, -0.05) is 24.2 Å². The van der Waals surface area contributed by atoms with Crippen molar-refractivity contribution in [1.82, 2.24) is 19.4 Å². The molecule has 2 N–H and O–H groups in total. The summed E-state index contributed by atoms with van der Waals surface area (Å²) >= 11 is 6.83. The second-order valence-electron chi connectivity index (χ2n) is 11.5. The Morgan fingerprint density at radius 1 is 1.18 bits per heavy atom. The number of benzene rings is 1. The van der Waals surface area contributed by atoms with E-state index in [0.29, 0.717) is 42.2 Å². The maximum absolute atomic E-state index is 15.2. The smallest absolute Gasteiger partial charge is 0.355 e. The number of nitrogens with zero attached hydrogens (tertiary/aromatic N) is 7. The van der Waals surface area contributed by atoms with E-state index in [1.807, 2.05) is 11.8 Å². The topological polar surface area (TPSA) is 122 Å². The molecule has 1 amide bonds. The highest BCUT2D eigenvalue weighted by Crippen LogP contribution is 2.44. The first-order chi connectivity index (χ1) is 21.2. The van der Waals surface area contributed by atoms with Crippen molar-refractivity contribution in [2.45, 2.75) is 38.6 Å². The molecule has 12 heteroatoms. The maximum Gasteiger partial charge on any atom is 0.355 e. The van der Waals surface area contributed by atoms with Gasteiger partial charge in [0.25, 0.3) is 0 Å². The molecule has 2 saturated carbocycles. The highest BCUT2D eigenvalue weighted by molar-refractivity contribution is 6.34. The zero-order valence-electron chi connectivity index (χ0n) is 24.8. The number of piperazine rings is 1. The number of anilines is 2. The molecule has 44 heavy (non-hydrogen) atoms. The predicted octanol–water partition coefficient (Wildman–Crippen LogP) is 4.82. The highest BCUT2D eigenvalue weighted by atomic mass is 35.5. The molecule has 3 fully saturated rings. The number of pyridine rings is 1. The van der Waals surface area contributed by atoms with E-state index in [9.17, 15) is 9.59 Å². The lowest BCUT2D eigenvalue weighted by Gasteiger charge is -2.40. The molecular weight excluding hydrogens is 583 g/mol. The number of rotatable bonds is 8. The number of nitrogens with two attached hydrogens (primary N) is 1. The van der Waals surface area contributed by atoms with Gasteiger partial charge < -0.3 is 15.5 Å². The van der Waals surface area contributed by atoms with Crippen molar-refractivity contribution in [3.05, 3.63) is 63.9 Å². The van der Waals surface area contributed by atoms with E-state index in [4.69, 9.17) is 22.3 Å². The summed E-state index contributed by atoms with van der Waals surface area (Å²) in [6.45, 7) is 10.6. The van der Waals surface area contributed by atoms with Gasteiger partial charge in [-0.15, -0.1) is 0 Å². The van der Waals surface area contributed by atoms with Crippen LogP contribution in [0.4, 0.5) is 15.9 Å². The first-order valence-corrected chi connectivity index (χ1v) is 15.1. The zero-order chi connectivity index (χ0) is 31.3. The molecule has 2 aromatic heterocycles. The average molecular weight is 617 g/mol. The number of allylic oxidation sites excluding steroid dienone is 2. The SMILES string of the molecule is C=CC(=O)N1CCN(c2nc(=O)n(C(/C(=N\C)C3CC3)=C(/N=C)C3CC3)c3nc(-c4c(N)cccc4F)c(Cl)cc23)C[C@H]1C. The van der Waals surface area contributed by atoms with Crippen LogP contribution in [0.5, 0.6) is 0 Å². The number of halogens is 2. The van der Waals surface area contributed by atoms with Gasteiger partial charge in [0.2, 0.25) is 5.91 Å². The fraction of sp³-hybridized carbons (Fsp3) is 0.375. The van der Waals surface area contributed by atoms with Crippen molar-refractivity contribution in [2.24, 2.45) is 21.8 Å². The minimum absolute atomic E-state index is 0.0447. The summed E-state index contributed by atoms with van der Waals surface area (Å²) in [6.07, 6.45) is 5.00. The van der Waals surface area contributed by atoms with Crippen LogP contribution in [0, 0.1) is 17.7 Å². The van der Waals surface area contributed by atoms with Crippen LogP contribution < -0.4 is 16.3 Å². The maximum atomic E-state index is 15.2. The molecule has 228 valence electrons. The molecule has 0 bridgehead atoms. The molecule has 3 heterocycles. The lowest BCUT2D eigenvalue weighted by molar-refractivity contribution is -0.128. The van der Waals surface area contributed by atoms with Crippen molar-refractivity contribution in [3.8, 4) is 11.3 Å². The van der Waals surface area contributed by atoms with Crippen LogP contribution in [-0.2, 0) is 4.79 Å². The number of amides is 1. The Balaban J connectivity index is 1.65. The van der Waals surface area contributed by atoms with E-state index in [-0.39, 0.29) is 51.4 Å². The summed E-state index contributed by atoms with van der Waals surface area (Å²) in [5, 5.41) is 0.643. The fourth-order valence-electron chi connectivity index (χ4n) is 6.06. The number of carbonyl (C=O) groups excluding carboxylic acids is 1. The predicted molar refractivity (Wildman–Crippen MR) is 174 cm³/mol. The average Bonchev–Trinajstić information content (AvgIpc) is 3.93. The Kier molecular flexibility index (Phi) is 7.83. The molecule has 1 aliphatic heterocycles. The Labute approximate surface area is 259 Å². The van der Waals surface area contributed by atoms with Crippen LogP contribution in [0.15, 0.2) is 57.4 Å². The van der Waals surface area contributed by atoms with E-state index in [2.05, 4.69) is 28.3 Å². The number of hydrogen-bond acceptors (Lipinski definition) is 8. The van der Waals surface area contributed by atoms with E-state index >= 15 is 4.39 Å². The van der Waals surface area contributed by atoms with Crippen LogP contribution in [0.3, 0.4) is 0 Å². The quantitative estimate of drug-likeness (QED) is 0.220. The molecule has 10 nitrogen and oxygen atoms in total. The van der Waals surface area contributed by atoms with Crippen molar-refractivity contribution >= 4 is 58.2 Å². The van der Waals surface area contributed by atoms with Gasteiger partial charge in [-0.05, 0) is 63.6 Å². The zero-order valence-corrected chi connectivity index (χ0v) is 25.5. The first-order valence-electron chi connectivity index (χ1n) is 14.7. The molecular formula is C32H34ClFN8O2. The molecule has 6 rings (SSSR count). The van der Waals surface area contributed by atoms with E-state index in [0.717, 1.165) is 31.4 Å². The number of aromatic nitrogens is 3. The summed E-state index contributed by atoms with van der Waals surface area (Å²) in [5.74, 6) is -0.0772. The van der Waals surface area contributed by atoms with Gasteiger partial charge in [-0.3, -0.25) is 14.8 Å². The number of hydrogen-bond donors (Lipinski definition) is 1. The third-order valence-electron chi connectivity index (χ3n) is 8.52. The molecule has 3 aliphatic rings. The summed E-state index contributed by atoms with van der Waals surface area (Å²) in [7, 11) is 1.71. The summed E-state index contributed by atoms with van der Waals surface area (Å²) in [6, 6.07) is 5.86. The van der Waals surface area contributed by atoms with Gasteiger partial charge in [0.1, 0.15) is 11.6 Å². The molecule has 0 radical (unpaired) electrons. The van der Waals surface area contributed by atoms with Crippen LogP contribution in [0.25, 0.3) is 28.0 Å². The molecule has 0 spiro atoms. The van der Waals surface area contributed by atoms with Gasteiger partial charge in [0.05, 0.1) is 38.8 Å². The summed E-state index contributed by atoms with van der Waals surface area (Å²) < 4.78 is 16.7. The van der Waals surface area contributed by atoms with Crippen molar-refractivity contribution in [3.63, 3.8) is 0 Å². The van der Waals surface area contributed by atoms with Gasteiger partial charge >= 0.3 is 5.69 Å². The minimum atomic E-state index is -0.588. The van der Waals surface area contributed by atoms with E-state index in [1.54, 1.807) is 24.1 Å². The lowest BCUT2D eigenvalue weighted by atomic mass is 10.1. The minimum Gasteiger partial charge on any atom is -0.398 e. The highest BCUT2D eigenvalue weighted by Gasteiger charge is 2.38. The number of carbonyl (C=O) groups is 1. The molecule has 0 unspecified atom stereocenters. The second kappa shape index (κ2) is 11.6. The van der Waals surface area contributed by atoms with E-state index in [1.165, 1.54) is 22.8 Å². The van der Waals surface area contributed by atoms with Crippen LogP contribution in [0.1, 0.15) is 32.6 Å². The largest absolute Gasteiger partial charge is 0.398 e. The number of fused-ring (bicyclic) bond motifs is 1. The Morgan fingerprint density at radius 3 is 2.50 bits per heavy atom. The second-order valence-corrected chi connectivity index (χ2v) is 11.9. The van der Waals surface area contributed by atoms with Gasteiger partial charge in [-0.25, -0.2) is 18.7 Å². The van der Waals surface area contributed by atoms with Gasteiger partial charge in [0, 0.05) is 50.2 Å². The third kappa shape index (κ3) is 5.19. The van der Waals surface area contributed by atoms with Crippen LogP contribution in [-0.4, -0.2) is 70.5 Å². The molecule has 1 atom stereocenters. The Bertz CT molecular complexity index is 1800. The number of nitrogen functional groups attached to an aromatic ring is 1. The number of aliphatic imine (C=N–C) groups is 2. The Hall–Kier alpha value is -4.38. The third-order valence-corrected chi connectivity index (χ3v) is 8.81. The Morgan fingerprint density at radius 2 is 1.91 bits per heavy atom. The summed E-state index contributed by atoms with van der Waals surface area (Å²) in [5.41, 5.74) is 8.13. The van der Waals surface area contributed by atoms with Crippen molar-refractivity contribution in [1.29, 1.82) is 0 Å². The lowest BCUT2D eigenvalue weighted by Crippen LogP contribution is -2.54. The van der Waals surface area contributed by atoms with Crippen LogP contribution >= 0.6 is 11.6 Å². The first kappa shape index (κ1) is 29.7. The van der Waals surface area contributed by atoms with Crippen molar-refractivity contribution < 1.29 is 9.18 Å². The molecule has 2 aliphatic carbocycles. The van der Waals surface area contributed by atoms with Gasteiger partial charge in [-0.2, -0.15) is 4.98 Å². The fourth-order valence-corrected chi connectivity index (χ4v) is 6.31. The normalized spacial score (nSPS) is 19.6. The standard InChI is InChI=1S/C32H34ClFN8O2/c1-5-24(43)41-14-13-40(16-17(41)2)30-20-15-21(33)28(25-22(34)7-6-8-23(25)35)38-31(20)42(32(44)39-30)29(26(36-3)18-9-10-18)27(37-4)19-11-12-19/h5-8,15,17-19H,1,3,9-14,16,35H2,2,4H3/b29-26+,37-27-/t17-/m1/s1. The molecule has 3 aromatic rings. The molecule has 1 saturated heterocycles. The van der Waals surface area contributed by atoms with Crippen LogP contribution in [0.2, 0.25) is 5.02 Å². The van der Waals surface area contributed by atoms with Crippen molar-refractivity contribution in [2.75, 3.05) is 37.3 Å². The van der Waals surface area contributed by atoms with Gasteiger partial charge in [0.15, 0.2) is 5.65 Å².